The minimum Gasteiger partial charge on any atom is -0.461 e. The van der Waals surface area contributed by atoms with Crippen LogP contribution in [-0.4, -0.2) is 42.7 Å². The highest BCUT2D eigenvalue weighted by Gasteiger charge is 2.17. The van der Waals surface area contributed by atoms with E-state index in [-0.39, 0.29) is 22.7 Å². The topological polar surface area (TPSA) is 77.5 Å². The van der Waals surface area contributed by atoms with E-state index in [9.17, 15) is 9.59 Å². The van der Waals surface area contributed by atoms with E-state index >= 15 is 0 Å². The molecule has 0 aliphatic carbocycles. The molecular weight excluding hydrogens is 292 g/mol. The fourth-order valence-electron chi connectivity index (χ4n) is 2.14. The molecule has 0 aromatic carbocycles. The Balaban J connectivity index is 1.76. The van der Waals surface area contributed by atoms with Gasteiger partial charge in [0.25, 0.3) is 5.91 Å². The second-order valence-corrected chi connectivity index (χ2v) is 5.65. The van der Waals surface area contributed by atoms with Crippen LogP contribution in [0.1, 0.15) is 52.9 Å². The summed E-state index contributed by atoms with van der Waals surface area (Å²) in [6, 6.07) is 0. The Morgan fingerprint density at radius 2 is 2.38 bits per heavy atom. The van der Waals surface area contributed by atoms with E-state index in [1.807, 2.05) is 0 Å². The van der Waals surface area contributed by atoms with Crippen LogP contribution < -0.4 is 5.32 Å². The monoisotopic (exact) mass is 312 g/mol. The lowest BCUT2D eigenvalue weighted by atomic mass is 10.1. The number of amides is 1. The molecule has 0 radical (unpaired) electrons. The number of esters is 1. The minimum absolute atomic E-state index is 0.206. The van der Waals surface area contributed by atoms with Gasteiger partial charge in [-0.3, -0.25) is 4.79 Å². The Kier molecular flexibility index (Phi) is 6.13. The maximum absolute atomic E-state index is 11.9. The van der Waals surface area contributed by atoms with Crippen molar-refractivity contribution < 1.29 is 19.1 Å². The summed E-state index contributed by atoms with van der Waals surface area (Å²) in [7, 11) is 0. The number of carbonyl (C=O) groups is 2. The van der Waals surface area contributed by atoms with Gasteiger partial charge >= 0.3 is 5.97 Å². The SMILES string of the molecule is CCOC(=O)c1nc(C(=O)NCCC2CCCCO2)cs1. The fraction of sp³-hybridized carbons (Fsp3) is 0.643. The van der Waals surface area contributed by atoms with E-state index in [1.54, 1.807) is 12.3 Å². The smallest absolute Gasteiger partial charge is 0.367 e. The highest BCUT2D eigenvalue weighted by Crippen LogP contribution is 2.15. The summed E-state index contributed by atoms with van der Waals surface area (Å²) in [5, 5.41) is 4.58. The third-order valence-electron chi connectivity index (χ3n) is 3.21. The average molecular weight is 312 g/mol. The van der Waals surface area contributed by atoms with Gasteiger partial charge in [-0.15, -0.1) is 11.3 Å². The predicted molar refractivity (Wildman–Crippen MR) is 78.6 cm³/mol. The molecule has 1 fully saturated rings. The van der Waals surface area contributed by atoms with Gasteiger partial charge in [0.05, 0.1) is 12.7 Å². The molecule has 1 N–H and O–H groups in total. The Bertz CT molecular complexity index is 483. The summed E-state index contributed by atoms with van der Waals surface area (Å²) in [5.41, 5.74) is 0.257. The first kappa shape index (κ1) is 15.9. The number of ether oxygens (including phenoxy) is 2. The van der Waals surface area contributed by atoms with Crippen molar-refractivity contribution in [2.45, 2.75) is 38.7 Å². The van der Waals surface area contributed by atoms with Crippen LogP contribution in [-0.2, 0) is 9.47 Å². The quantitative estimate of drug-likeness (QED) is 0.813. The molecule has 0 bridgehead atoms. The van der Waals surface area contributed by atoms with Gasteiger partial charge in [0.2, 0.25) is 5.01 Å². The zero-order valence-corrected chi connectivity index (χ0v) is 12.9. The number of nitrogens with one attached hydrogen (secondary N) is 1. The van der Waals surface area contributed by atoms with Crippen LogP contribution in [0.3, 0.4) is 0 Å². The molecule has 1 aliphatic rings. The lowest BCUT2D eigenvalue weighted by Crippen LogP contribution is -2.29. The molecule has 1 aliphatic heterocycles. The van der Waals surface area contributed by atoms with Crippen molar-refractivity contribution in [1.29, 1.82) is 0 Å². The molecule has 2 heterocycles. The molecule has 0 saturated carbocycles. The normalized spacial score (nSPS) is 18.2. The molecule has 1 aromatic heterocycles. The van der Waals surface area contributed by atoms with Crippen LogP contribution in [0.5, 0.6) is 0 Å². The Morgan fingerprint density at radius 1 is 1.52 bits per heavy atom. The number of rotatable bonds is 6. The van der Waals surface area contributed by atoms with Crippen LogP contribution in [0.4, 0.5) is 0 Å². The molecule has 2 rings (SSSR count). The zero-order chi connectivity index (χ0) is 15.1. The summed E-state index contributed by atoms with van der Waals surface area (Å²) in [6.45, 7) is 3.39. The van der Waals surface area contributed by atoms with Crippen LogP contribution >= 0.6 is 11.3 Å². The molecule has 7 heteroatoms. The van der Waals surface area contributed by atoms with Crippen LogP contribution in [0.15, 0.2) is 5.38 Å². The maximum atomic E-state index is 11.9. The van der Waals surface area contributed by atoms with Gasteiger partial charge < -0.3 is 14.8 Å². The highest BCUT2D eigenvalue weighted by molar-refractivity contribution is 7.11. The third kappa shape index (κ3) is 4.78. The van der Waals surface area contributed by atoms with Gasteiger partial charge in [0.15, 0.2) is 0 Å². The van der Waals surface area contributed by atoms with Gasteiger partial charge in [-0.25, -0.2) is 9.78 Å². The number of aromatic nitrogens is 1. The molecule has 1 unspecified atom stereocenters. The molecule has 1 aromatic rings. The first-order chi connectivity index (χ1) is 10.2. The van der Waals surface area contributed by atoms with Crippen LogP contribution in [0.25, 0.3) is 0 Å². The van der Waals surface area contributed by atoms with E-state index < -0.39 is 5.97 Å². The van der Waals surface area contributed by atoms with Crippen molar-refractivity contribution in [3.05, 3.63) is 16.1 Å². The van der Waals surface area contributed by atoms with Gasteiger partial charge in [-0.2, -0.15) is 0 Å². The Labute approximate surface area is 127 Å². The van der Waals surface area contributed by atoms with Gasteiger partial charge in [0, 0.05) is 18.5 Å². The molecule has 21 heavy (non-hydrogen) atoms. The van der Waals surface area contributed by atoms with Crippen molar-refractivity contribution in [3.8, 4) is 0 Å². The predicted octanol–water partition coefficient (Wildman–Crippen LogP) is 2.01. The summed E-state index contributed by atoms with van der Waals surface area (Å²) in [4.78, 5) is 27.4. The van der Waals surface area contributed by atoms with Crippen molar-refractivity contribution in [3.63, 3.8) is 0 Å². The van der Waals surface area contributed by atoms with Gasteiger partial charge in [0.1, 0.15) is 5.69 Å². The summed E-state index contributed by atoms with van der Waals surface area (Å²) in [6.07, 6.45) is 4.41. The second-order valence-electron chi connectivity index (χ2n) is 4.79. The van der Waals surface area contributed by atoms with Crippen molar-refractivity contribution in [2.24, 2.45) is 0 Å². The first-order valence-corrected chi connectivity index (χ1v) is 8.11. The summed E-state index contributed by atoms with van der Waals surface area (Å²) in [5.74, 6) is -0.755. The van der Waals surface area contributed by atoms with Crippen molar-refractivity contribution >= 4 is 23.2 Å². The molecule has 116 valence electrons. The Morgan fingerprint density at radius 3 is 3.10 bits per heavy atom. The first-order valence-electron chi connectivity index (χ1n) is 7.23. The average Bonchev–Trinajstić information content (AvgIpc) is 2.98. The molecular formula is C14H20N2O4S. The van der Waals surface area contributed by atoms with E-state index in [0.29, 0.717) is 13.2 Å². The van der Waals surface area contributed by atoms with E-state index in [4.69, 9.17) is 9.47 Å². The summed E-state index contributed by atoms with van der Waals surface area (Å²) < 4.78 is 10.4. The Hall–Kier alpha value is -1.47. The number of hydrogen-bond acceptors (Lipinski definition) is 6. The van der Waals surface area contributed by atoms with Crippen LogP contribution in [0, 0.1) is 0 Å². The third-order valence-corrected chi connectivity index (χ3v) is 4.04. The summed E-state index contributed by atoms with van der Waals surface area (Å²) >= 11 is 1.12. The molecule has 1 saturated heterocycles. The largest absolute Gasteiger partial charge is 0.461 e. The molecule has 1 atom stereocenters. The number of carbonyl (C=O) groups excluding carboxylic acids is 2. The minimum atomic E-state index is -0.489. The lowest BCUT2D eigenvalue weighted by molar-refractivity contribution is 0.0117. The highest BCUT2D eigenvalue weighted by atomic mass is 32.1. The van der Waals surface area contributed by atoms with Crippen molar-refractivity contribution in [2.75, 3.05) is 19.8 Å². The second kappa shape index (κ2) is 8.09. The molecule has 0 spiro atoms. The molecule has 1 amide bonds. The zero-order valence-electron chi connectivity index (χ0n) is 12.1. The van der Waals surface area contributed by atoms with Gasteiger partial charge in [-0.1, -0.05) is 0 Å². The maximum Gasteiger partial charge on any atom is 0.367 e. The van der Waals surface area contributed by atoms with E-state index in [1.165, 1.54) is 6.42 Å². The molecule has 6 nitrogen and oxygen atoms in total. The lowest BCUT2D eigenvalue weighted by Gasteiger charge is -2.22. The van der Waals surface area contributed by atoms with Gasteiger partial charge in [-0.05, 0) is 32.6 Å². The van der Waals surface area contributed by atoms with Crippen molar-refractivity contribution in [1.82, 2.24) is 10.3 Å². The van der Waals surface area contributed by atoms with E-state index in [0.717, 1.165) is 37.2 Å². The van der Waals surface area contributed by atoms with E-state index in [2.05, 4.69) is 10.3 Å². The van der Waals surface area contributed by atoms with Crippen LogP contribution in [0.2, 0.25) is 0 Å². The fourth-order valence-corrected chi connectivity index (χ4v) is 2.83. The number of thiazole rings is 1. The number of nitrogens with zero attached hydrogens (tertiary/aromatic N) is 1. The standard InChI is InChI=1S/C14H20N2O4S/c1-2-19-14(18)13-16-11(9-21-13)12(17)15-7-6-10-5-3-4-8-20-10/h9-10H,2-8H2,1H3,(H,15,17). The number of hydrogen-bond donors (Lipinski definition) is 1.